The molecule has 0 unspecified atom stereocenters. The molecule has 12 heteroatoms. The Morgan fingerprint density at radius 2 is 0.571 bits per heavy atom. The van der Waals surface area contributed by atoms with Crippen molar-refractivity contribution in [1.82, 2.24) is 29.9 Å². The van der Waals surface area contributed by atoms with Crippen LogP contribution < -0.4 is 0 Å². The fraction of sp³-hybridized carbons (Fsp3) is 0.136. The summed E-state index contributed by atoms with van der Waals surface area (Å²) < 4.78 is 0. The van der Waals surface area contributed by atoms with Gasteiger partial charge in [-0.1, -0.05) is 24.3 Å². The molecule has 6 N–H and O–H groups in total. The first kappa shape index (κ1) is 41.4. The third-order valence-corrected chi connectivity index (χ3v) is 7.94. The second-order valence-electron chi connectivity index (χ2n) is 12.4. The first-order chi connectivity index (χ1) is 26.9. The van der Waals surface area contributed by atoms with Crippen molar-refractivity contribution in [2.24, 2.45) is 0 Å². The highest BCUT2D eigenvalue weighted by Gasteiger charge is 2.00. The Labute approximate surface area is 324 Å². The SMILES string of the molecule is Cc1nc(C)c(C)nc1C.Oc1cc(O)cc(O)c1.Oc1cc(O)cc(O)c1.c1cc(CCc2ccncc2)ccn1.c1ccc2nc3ccccc3nc2c1. The third kappa shape index (κ3) is 13.9. The average molecular weight is 753 g/mol. The van der Waals surface area contributed by atoms with Gasteiger partial charge in [0.1, 0.15) is 34.5 Å². The number of nitrogens with zero attached hydrogens (tertiary/aromatic N) is 6. The second-order valence-corrected chi connectivity index (χ2v) is 12.4. The third-order valence-electron chi connectivity index (χ3n) is 7.94. The van der Waals surface area contributed by atoms with Gasteiger partial charge < -0.3 is 30.6 Å². The van der Waals surface area contributed by atoms with Crippen molar-refractivity contribution in [1.29, 1.82) is 0 Å². The maximum absolute atomic E-state index is 8.67. The summed E-state index contributed by atoms with van der Waals surface area (Å²) in [4.78, 5) is 25.6. The van der Waals surface area contributed by atoms with Crippen LogP contribution in [0.15, 0.2) is 134 Å². The molecule has 0 aliphatic rings. The van der Waals surface area contributed by atoms with E-state index in [-0.39, 0.29) is 34.5 Å². The molecular weight excluding hydrogens is 709 g/mol. The maximum Gasteiger partial charge on any atom is 0.122 e. The number of benzene rings is 4. The van der Waals surface area contributed by atoms with Crippen LogP contribution in [0.4, 0.5) is 0 Å². The van der Waals surface area contributed by atoms with Gasteiger partial charge in [-0.2, -0.15) is 0 Å². The zero-order chi connectivity index (χ0) is 40.5. The molecule has 12 nitrogen and oxygen atoms in total. The van der Waals surface area contributed by atoms with Gasteiger partial charge in [-0.3, -0.25) is 19.9 Å². The Morgan fingerprint density at radius 1 is 0.339 bits per heavy atom. The number of hydrogen-bond donors (Lipinski definition) is 6. The molecule has 0 fully saturated rings. The van der Waals surface area contributed by atoms with Crippen LogP contribution in [-0.4, -0.2) is 60.5 Å². The molecule has 4 aromatic heterocycles. The molecule has 0 saturated carbocycles. The Balaban J connectivity index is 0.000000158. The minimum atomic E-state index is -0.146. The van der Waals surface area contributed by atoms with Crippen LogP contribution in [0.2, 0.25) is 0 Å². The molecule has 0 aliphatic heterocycles. The molecule has 4 heterocycles. The second kappa shape index (κ2) is 20.8. The minimum absolute atomic E-state index is 0.146. The van der Waals surface area contributed by atoms with E-state index in [1.807, 2.05) is 101 Å². The van der Waals surface area contributed by atoms with Gasteiger partial charge in [0.25, 0.3) is 0 Å². The van der Waals surface area contributed by atoms with E-state index in [1.165, 1.54) is 11.1 Å². The topological polar surface area (TPSA) is 199 Å². The smallest absolute Gasteiger partial charge is 0.122 e. The number of hydrogen-bond acceptors (Lipinski definition) is 12. The van der Waals surface area contributed by atoms with Crippen LogP contribution in [0.1, 0.15) is 33.9 Å². The molecule has 0 bridgehead atoms. The fourth-order valence-corrected chi connectivity index (χ4v) is 4.94. The summed E-state index contributed by atoms with van der Waals surface area (Å²) in [7, 11) is 0. The van der Waals surface area contributed by atoms with Crippen LogP contribution in [0, 0.1) is 27.7 Å². The van der Waals surface area contributed by atoms with Gasteiger partial charge in [-0.15, -0.1) is 0 Å². The Hall–Kier alpha value is -7.34. The minimum Gasteiger partial charge on any atom is -0.508 e. The van der Waals surface area contributed by atoms with Crippen molar-refractivity contribution in [2.75, 3.05) is 0 Å². The van der Waals surface area contributed by atoms with Gasteiger partial charge in [0.05, 0.1) is 44.8 Å². The summed E-state index contributed by atoms with van der Waals surface area (Å²) in [6.07, 6.45) is 9.46. The zero-order valence-corrected chi connectivity index (χ0v) is 31.5. The van der Waals surface area contributed by atoms with Gasteiger partial charge in [0, 0.05) is 61.2 Å². The maximum atomic E-state index is 8.67. The van der Waals surface area contributed by atoms with E-state index in [2.05, 4.69) is 54.2 Å². The molecule has 0 aliphatic carbocycles. The zero-order valence-electron chi connectivity index (χ0n) is 31.5. The summed E-state index contributed by atoms with van der Waals surface area (Å²) in [6, 6.07) is 30.9. The highest BCUT2D eigenvalue weighted by molar-refractivity contribution is 5.85. The van der Waals surface area contributed by atoms with E-state index in [0.29, 0.717) is 0 Å². The number of aromatic hydroxyl groups is 6. The number of rotatable bonds is 3. The first-order valence-corrected chi connectivity index (χ1v) is 17.5. The van der Waals surface area contributed by atoms with E-state index >= 15 is 0 Å². The number of aryl methyl sites for hydroxylation is 6. The van der Waals surface area contributed by atoms with E-state index in [1.54, 1.807) is 0 Å². The van der Waals surface area contributed by atoms with Crippen molar-refractivity contribution < 1.29 is 30.6 Å². The Bertz CT molecular complexity index is 2110. The van der Waals surface area contributed by atoms with Gasteiger partial charge in [0.15, 0.2) is 0 Å². The number of pyridine rings is 2. The normalized spacial score (nSPS) is 10.0. The Morgan fingerprint density at radius 3 is 0.804 bits per heavy atom. The molecule has 0 saturated heterocycles. The fourth-order valence-electron chi connectivity index (χ4n) is 4.94. The number of aromatic nitrogens is 6. The van der Waals surface area contributed by atoms with Crippen LogP contribution in [0.25, 0.3) is 22.1 Å². The number of phenolic OH excluding ortho intramolecular Hbond substituents is 6. The van der Waals surface area contributed by atoms with Crippen LogP contribution in [-0.2, 0) is 12.8 Å². The van der Waals surface area contributed by atoms with E-state index < -0.39 is 0 Å². The predicted octanol–water partition coefficient (Wildman–Crippen LogP) is 8.36. The molecule has 8 aromatic rings. The molecule has 56 heavy (non-hydrogen) atoms. The Kier molecular flexibility index (Phi) is 15.4. The van der Waals surface area contributed by atoms with Gasteiger partial charge in [-0.25, -0.2) is 9.97 Å². The number of para-hydroxylation sites is 4. The molecule has 0 atom stereocenters. The summed E-state index contributed by atoms with van der Waals surface area (Å²) in [5, 5.41) is 52.0. The first-order valence-electron chi connectivity index (χ1n) is 17.5. The summed E-state index contributed by atoms with van der Waals surface area (Å²) in [6.45, 7) is 7.92. The van der Waals surface area contributed by atoms with Crippen LogP contribution in [0.3, 0.4) is 0 Å². The lowest BCUT2D eigenvalue weighted by Crippen LogP contribution is -1.97. The molecule has 286 valence electrons. The predicted molar refractivity (Wildman–Crippen MR) is 217 cm³/mol. The lowest BCUT2D eigenvalue weighted by atomic mass is 10.1. The number of fused-ring (bicyclic) bond motifs is 2. The lowest BCUT2D eigenvalue weighted by molar-refractivity contribution is 0.426. The van der Waals surface area contributed by atoms with Crippen LogP contribution in [0.5, 0.6) is 34.5 Å². The molecule has 8 rings (SSSR count). The molecule has 0 radical (unpaired) electrons. The van der Waals surface area contributed by atoms with Crippen LogP contribution >= 0.6 is 0 Å². The lowest BCUT2D eigenvalue weighted by Gasteiger charge is -2.01. The van der Waals surface area contributed by atoms with Crippen molar-refractivity contribution in [3.05, 3.63) is 168 Å². The molecule has 0 amide bonds. The quantitative estimate of drug-likeness (QED) is 0.0944. The monoisotopic (exact) mass is 752 g/mol. The van der Waals surface area contributed by atoms with Crippen molar-refractivity contribution in [3.63, 3.8) is 0 Å². The summed E-state index contributed by atoms with van der Waals surface area (Å²) in [5.41, 5.74) is 10.6. The number of phenols is 6. The van der Waals surface area contributed by atoms with Crippen molar-refractivity contribution >= 4 is 22.1 Å². The highest BCUT2D eigenvalue weighted by atomic mass is 16.3. The summed E-state index contributed by atoms with van der Waals surface area (Å²) in [5.74, 6) is -0.875. The summed E-state index contributed by atoms with van der Waals surface area (Å²) >= 11 is 0. The molecule has 0 spiro atoms. The van der Waals surface area contributed by atoms with Crippen molar-refractivity contribution in [3.8, 4) is 34.5 Å². The van der Waals surface area contributed by atoms with E-state index in [0.717, 1.165) is 94.1 Å². The standard InChI is InChI=1S/C12H8N2.C12H12N2.C8H12N2.2C6H6O3/c1-2-6-10-9(5-1)13-11-7-3-4-8-12(11)14-10;1(11-3-7-13-8-4-11)2-12-5-9-14-10-6-12;1-5-6(2)10-8(4)7(3)9-5;2*7-4-1-5(8)3-6(9)2-4/h1-8H;3-10H,1-2H2;1-4H3;2*1-3,7-9H. The van der Waals surface area contributed by atoms with Gasteiger partial charge >= 0.3 is 0 Å². The molecular formula is C44H44N6O6. The van der Waals surface area contributed by atoms with E-state index in [4.69, 9.17) is 30.6 Å². The van der Waals surface area contributed by atoms with Gasteiger partial charge in [-0.05, 0) is 100 Å². The van der Waals surface area contributed by atoms with Gasteiger partial charge in [0.2, 0.25) is 0 Å². The van der Waals surface area contributed by atoms with E-state index in [9.17, 15) is 0 Å². The average Bonchev–Trinajstić information content (AvgIpc) is 3.16. The molecule has 4 aromatic carbocycles. The van der Waals surface area contributed by atoms with Crippen molar-refractivity contribution in [2.45, 2.75) is 40.5 Å². The largest absolute Gasteiger partial charge is 0.508 e. The highest BCUT2D eigenvalue weighted by Crippen LogP contribution is 2.25.